The lowest BCUT2D eigenvalue weighted by Crippen LogP contribution is -2.43. The Morgan fingerprint density at radius 2 is 2.07 bits per heavy atom. The number of amides is 1. The zero-order valence-corrected chi connectivity index (χ0v) is 16.5. The van der Waals surface area contributed by atoms with Crippen molar-refractivity contribution in [3.8, 4) is 11.3 Å². The first-order chi connectivity index (χ1) is 13.8. The van der Waals surface area contributed by atoms with E-state index >= 15 is 0 Å². The van der Waals surface area contributed by atoms with E-state index in [4.69, 9.17) is 0 Å². The number of H-pyrrole nitrogens is 1. The van der Waals surface area contributed by atoms with Crippen LogP contribution < -0.4 is 16.2 Å². The minimum absolute atomic E-state index is 0.112. The van der Waals surface area contributed by atoms with Gasteiger partial charge in [0.15, 0.2) is 0 Å². The molecular formula is C21H22FN5O2. The van der Waals surface area contributed by atoms with Crippen LogP contribution in [0.25, 0.3) is 22.2 Å². The zero-order valence-electron chi connectivity index (χ0n) is 16.5. The molecule has 1 aliphatic heterocycles. The number of anilines is 1. The molecule has 8 heteroatoms. The summed E-state index contributed by atoms with van der Waals surface area (Å²) in [7, 11) is 1.66. The first kappa shape index (κ1) is 17.9. The molecule has 0 spiro atoms. The maximum atomic E-state index is 15.0. The molecule has 29 heavy (non-hydrogen) atoms. The number of carbonyl (C=O) groups excluding carboxylic acids is 1. The molecule has 0 radical (unpaired) electrons. The van der Waals surface area contributed by atoms with E-state index in [0.29, 0.717) is 28.3 Å². The average Bonchev–Trinajstić information content (AvgIpc) is 3.19. The largest absolute Gasteiger partial charge is 0.356 e. The molecule has 1 atom stereocenters. The molecule has 2 aliphatic rings. The molecule has 2 aromatic heterocycles. The molecule has 1 saturated carbocycles. The lowest BCUT2D eigenvalue weighted by molar-refractivity contribution is 0.0958. The Hall–Kier alpha value is -3.16. The summed E-state index contributed by atoms with van der Waals surface area (Å²) in [4.78, 5) is 32.9. The number of hydrogen-bond donors (Lipinski definition) is 3. The van der Waals surface area contributed by atoms with Gasteiger partial charge in [0.05, 0.1) is 39.5 Å². The van der Waals surface area contributed by atoms with Crippen LogP contribution >= 0.6 is 0 Å². The van der Waals surface area contributed by atoms with Gasteiger partial charge in [0.2, 0.25) is 5.95 Å². The molecule has 0 saturated heterocycles. The second kappa shape index (κ2) is 5.92. The summed E-state index contributed by atoms with van der Waals surface area (Å²) < 4.78 is 16.4. The number of rotatable bonds is 3. The summed E-state index contributed by atoms with van der Waals surface area (Å²) in [6.07, 6.45) is 3.11. The summed E-state index contributed by atoms with van der Waals surface area (Å²) in [5.74, 6) is -0.270. The van der Waals surface area contributed by atoms with Gasteiger partial charge in [-0.05, 0) is 51.3 Å². The number of hydrogen-bond acceptors (Lipinski definition) is 4. The van der Waals surface area contributed by atoms with E-state index in [1.54, 1.807) is 13.1 Å². The van der Waals surface area contributed by atoms with Gasteiger partial charge in [-0.1, -0.05) is 0 Å². The van der Waals surface area contributed by atoms with Crippen molar-refractivity contribution < 1.29 is 9.18 Å². The number of aromatic amines is 1. The molecule has 5 rings (SSSR count). The first-order valence-electron chi connectivity index (χ1n) is 9.79. The summed E-state index contributed by atoms with van der Waals surface area (Å²) in [6.45, 7) is 3.95. The molecule has 1 aromatic carbocycles. The maximum Gasteiger partial charge on any atom is 0.262 e. The highest BCUT2D eigenvalue weighted by Gasteiger charge is 2.33. The monoisotopic (exact) mass is 395 g/mol. The fourth-order valence-electron chi connectivity index (χ4n) is 4.26. The third kappa shape index (κ3) is 2.58. The normalized spacial score (nSPS) is 19.7. The number of nitrogens with zero attached hydrogens (tertiary/aromatic N) is 2. The molecule has 3 aromatic rings. The lowest BCUT2D eigenvalue weighted by Gasteiger charge is -2.39. The van der Waals surface area contributed by atoms with Gasteiger partial charge >= 0.3 is 0 Å². The third-order valence-corrected chi connectivity index (χ3v) is 6.21. The highest BCUT2D eigenvalue weighted by molar-refractivity contribution is 6.01. The van der Waals surface area contributed by atoms with Crippen molar-refractivity contribution in [2.75, 3.05) is 5.32 Å². The van der Waals surface area contributed by atoms with E-state index in [2.05, 4.69) is 27.5 Å². The summed E-state index contributed by atoms with van der Waals surface area (Å²) in [5, 5.41) is 6.51. The fourth-order valence-corrected chi connectivity index (χ4v) is 4.26. The Bertz CT molecular complexity index is 1240. The van der Waals surface area contributed by atoms with Crippen molar-refractivity contribution in [1.82, 2.24) is 19.9 Å². The molecule has 3 N–H and O–H groups in total. The lowest BCUT2D eigenvalue weighted by atomic mass is 9.79. The molecular weight excluding hydrogens is 373 g/mol. The van der Waals surface area contributed by atoms with Gasteiger partial charge in [-0.3, -0.25) is 14.2 Å². The van der Waals surface area contributed by atoms with Crippen LogP contribution in [0, 0.1) is 5.82 Å². The second-order valence-electron chi connectivity index (χ2n) is 8.36. The average molecular weight is 395 g/mol. The minimum atomic E-state index is -0.493. The standard InChI is InChI=1S/C21H22FN5O2/c1-10-16-12(18(28)23-10)9-14(24-16)15-13(22)6-5-11-17(15)25-20(27(3)19(11)29)26-21(2)7-4-8-21/h5-6,9-10,24H,4,7-8H2,1-3H3,(H,23,28)(H,25,26). The predicted molar refractivity (Wildman–Crippen MR) is 108 cm³/mol. The van der Waals surface area contributed by atoms with Crippen LogP contribution in [-0.4, -0.2) is 26.0 Å². The van der Waals surface area contributed by atoms with Gasteiger partial charge < -0.3 is 15.6 Å². The maximum absolute atomic E-state index is 15.0. The van der Waals surface area contributed by atoms with Crippen LogP contribution in [0.4, 0.5) is 10.3 Å². The van der Waals surface area contributed by atoms with Gasteiger partial charge in [0, 0.05) is 12.6 Å². The molecule has 1 amide bonds. The smallest absolute Gasteiger partial charge is 0.262 e. The molecule has 150 valence electrons. The van der Waals surface area contributed by atoms with E-state index in [1.165, 1.54) is 16.7 Å². The minimum Gasteiger partial charge on any atom is -0.356 e. The van der Waals surface area contributed by atoms with E-state index in [1.807, 2.05) is 6.92 Å². The van der Waals surface area contributed by atoms with Crippen LogP contribution in [0.2, 0.25) is 0 Å². The highest BCUT2D eigenvalue weighted by atomic mass is 19.1. The van der Waals surface area contributed by atoms with Gasteiger partial charge in [-0.2, -0.15) is 0 Å². The second-order valence-corrected chi connectivity index (χ2v) is 8.36. The Balaban J connectivity index is 1.73. The van der Waals surface area contributed by atoms with Crippen LogP contribution in [0.5, 0.6) is 0 Å². The van der Waals surface area contributed by atoms with Gasteiger partial charge in [0.1, 0.15) is 5.82 Å². The van der Waals surface area contributed by atoms with E-state index < -0.39 is 5.82 Å². The van der Waals surface area contributed by atoms with Gasteiger partial charge in [-0.15, -0.1) is 0 Å². The Morgan fingerprint density at radius 3 is 2.72 bits per heavy atom. The third-order valence-electron chi connectivity index (χ3n) is 6.21. The summed E-state index contributed by atoms with van der Waals surface area (Å²) in [6, 6.07) is 4.19. The Morgan fingerprint density at radius 1 is 1.31 bits per heavy atom. The van der Waals surface area contributed by atoms with E-state index in [0.717, 1.165) is 19.3 Å². The van der Waals surface area contributed by atoms with Crippen LogP contribution in [-0.2, 0) is 7.05 Å². The highest BCUT2D eigenvalue weighted by Crippen LogP contribution is 2.36. The van der Waals surface area contributed by atoms with Crippen molar-refractivity contribution in [2.24, 2.45) is 7.05 Å². The van der Waals surface area contributed by atoms with Gasteiger partial charge in [0.25, 0.3) is 11.5 Å². The Labute approximate surface area is 166 Å². The number of carbonyl (C=O) groups is 1. The van der Waals surface area contributed by atoms with E-state index in [-0.39, 0.29) is 34.1 Å². The quantitative estimate of drug-likeness (QED) is 0.635. The van der Waals surface area contributed by atoms with Crippen molar-refractivity contribution in [3.05, 3.63) is 45.6 Å². The zero-order chi connectivity index (χ0) is 20.5. The van der Waals surface area contributed by atoms with Crippen molar-refractivity contribution in [1.29, 1.82) is 0 Å². The topological polar surface area (TPSA) is 91.8 Å². The number of benzene rings is 1. The molecule has 1 unspecified atom stereocenters. The van der Waals surface area contributed by atoms with Crippen molar-refractivity contribution in [2.45, 2.75) is 44.7 Å². The summed E-state index contributed by atoms with van der Waals surface area (Å²) >= 11 is 0. The first-order valence-corrected chi connectivity index (χ1v) is 9.79. The van der Waals surface area contributed by atoms with Crippen molar-refractivity contribution >= 4 is 22.8 Å². The number of fused-ring (bicyclic) bond motifs is 2. The van der Waals surface area contributed by atoms with E-state index in [9.17, 15) is 14.0 Å². The number of halogens is 1. The SMILES string of the molecule is CC1NC(=O)c2cc(-c3c(F)ccc4c(=O)n(C)c(NC5(C)CCC5)nc34)[nH]c21. The summed E-state index contributed by atoms with van der Waals surface area (Å²) in [5.41, 5.74) is 1.79. The molecule has 1 aliphatic carbocycles. The number of nitrogens with one attached hydrogen (secondary N) is 3. The van der Waals surface area contributed by atoms with Crippen LogP contribution in [0.3, 0.4) is 0 Å². The van der Waals surface area contributed by atoms with Crippen LogP contribution in [0.1, 0.15) is 55.2 Å². The van der Waals surface area contributed by atoms with Crippen LogP contribution in [0.15, 0.2) is 23.0 Å². The van der Waals surface area contributed by atoms with Gasteiger partial charge in [-0.25, -0.2) is 9.37 Å². The number of aromatic nitrogens is 3. The predicted octanol–water partition coefficient (Wildman–Crippen LogP) is 3.23. The van der Waals surface area contributed by atoms with Crippen molar-refractivity contribution in [3.63, 3.8) is 0 Å². The molecule has 3 heterocycles. The molecule has 0 bridgehead atoms. The molecule has 1 fully saturated rings. The Kier molecular flexibility index (Phi) is 3.65. The molecule has 7 nitrogen and oxygen atoms in total. The fraction of sp³-hybridized carbons (Fsp3) is 0.381.